The summed E-state index contributed by atoms with van der Waals surface area (Å²) in [6.07, 6.45) is -0.289. The van der Waals surface area contributed by atoms with Gasteiger partial charge in [-0.15, -0.1) is 0 Å². The summed E-state index contributed by atoms with van der Waals surface area (Å²) in [5.74, 6) is -1.61. The molecule has 0 aromatic heterocycles. The van der Waals surface area contributed by atoms with Crippen molar-refractivity contribution in [2.75, 3.05) is 7.11 Å². The monoisotopic (exact) mass is 342 g/mol. The molecular formula is C19H15ClO4. The van der Waals surface area contributed by atoms with E-state index in [9.17, 15) is 9.59 Å². The Morgan fingerprint density at radius 1 is 1.17 bits per heavy atom. The summed E-state index contributed by atoms with van der Waals surface area (Å²) in [5, 5.41) is 0.512. The average molecular weight is 343 g/mol. The number of hydrogen-bond acceptors (Lipinski definition) is 4. The SMILES string of the molecule is COC(=O)[C@@]12Cc3ccccc3[C@@H](OC1=O)[C@@H]2c1ccccc1Cl. The number of methoxy groups -OCH3 is 1. The Bertz CT molecular complexity index is 847. The van der Waals surface area contributed by atoms with Gasteiger partial charge >= 0.3 is 11.9 Å². The van der Waals surface area contributed by atoms with Crippen LogP contribution in [-0.4, -0.2) is 19.0 Å². The number of rotatable bonds is 2. The molecule has 2 aromatic carbocycles. The standard InChI is InChI=1S/C19H15ClO4/c1-23-17(21)19-10-11-6-2-3-7-12(11)16(24-18(19)22)15(19)13-8-4-5-9-14(13)20/h2-9,15-16H,10H2,1H3/t15-,16+,19-/m0/s1. The molecule has 0 amide bonds. The van der Waals surface area contributed by atoms with Crippen LogP contribution in [0.1, 0.15) is 28.7 Å². The molecule has 0 N–H and O–H groups in total. The molecule has 2 aromatic rings. The predicted molar refractivity (Wildman–Crippen MR) is 87.6 cm³/mol. The number of ether oxygens (including phenoxy) is 2. The van der Waals surface area contributed by atoms with E-state index in [1.54, 1.807) is 6.07 Å². The highest BCUT2D eigenvalue weighted by molar-refractivity contribution is 6.31. The maximum absolute atomic E-state index is 12.8. The van der Waals surface area contributed by atoms with Crippen LogP contribution in [0.2, 0.25) is 5.02 Å². The topological polar surface area (TPSA) is 52.6 Å². The zero-order valence-corrected chi connectivity index (χ0v) is 13.7. The lowest BCUT2D eigenvalue weighted by molar-refractivity contribution is -0.163. The molecule has 0 radical (unpaired) electrons. The molecule has 2 aliphatic rings. The molecule has 122 valence electrons. The molecule has 3 atom stereocenters. The van der Waals surface area contributed by atoms with Crippen molar-refractivity contribution in [1.82, 2.24) is 0 Å². The van der Waals surface area contributed by atoms with Crippen LogP contribution in [0.5, 0.6) is 0 Å². The second-order valence-corrected chi connectivity index (χ2v) is 6.57. The van der Waals surface area contributed by atoms with E-state index in [0.29, 0.717) is 5.02 Å². The second kappa shape index (κ2) is 5.35. The van der Waals surface area contributed by atoms with Crippen molar-refractivity contribution < 1.29 is 19.1 Å². The molecule has 0 saturated carbocycles. The molecule has 0 spiro atoms. The lowest BCUT2D eigenvalue weighted by atomic mass is 9.62. The van der Waals surface area contributed by atoms with Crippen LogP contribution in [0.15, 0.2) is 48.5 Å². The zero-order valence-electron chi connectivity index (χ0n) is 13.0. The maximum atomic E-state index is 12.8. The fraction of sp³-hybridized carbons (Fsp3) is 0.263. The molecule has 5 heteroatoms. The van der Waals surface area contributed by atoms with Crippen LogP contribution >= 0.6 is 11.6 Å². The molecule has 4 rings (SSSR count). The molecule has 1 saturated heterocycles. The summed E-state index contributed by atoms with van der Waals surface area (Å²) >= 11 is 6.38. The summed E-state index contributed by atoms with van der Waals surface area (Å²) < 4.78 is 10.7. The quantitative estimate of drug-likeness (QED) is 0.619. The van der Waals surface area contributed by atoms with Gasteiger partial charge in [0.25, 0.3) is 0 Å². The van der Waals surface area contributed by atoms with E-state index in [2.05, 4.69) is 0 Å². The Balaban J connectivity index is 1.99. The summed E-state index contributed by atoms with van der Waals surface area (Å²) in [6, 6.07) is 14.9. The van der Waals surface area contributed by atoms with Crippen LogP contribution in [0.3, 0.4) is 0 Å². The number of esters is 2. The van der Waals surface area contributed by atoms with Crippen molar-refractivity contribution >= 4 is 23.5 Å². The minimum atomic E-state index is -1.39. The molecule has 1 aliphatic heterocycles. The van der Waals surface area contributed by atoms with E-state index < -0.39 is 29.4 Å². The first kappa shape index (κ1) is 15.2. The van der Waals surface area contributed by atoms with Gasteiger partial charge in [-0.05, 0) is 22.8 Å². The summed E-state index contributed by atoms with van der Waals surface area (Å²) in [6.45, 7) is 0. The highest BCUT2D eigenvalue weighted by Gasteiger charge is 2.66. The molecule has 2 bridgehead atoms. The largest absolute Gasteiger partial charge is 0.468 e. The Hall–Kier alpha value is -2.33. The lowest BCUT2D eigenvalue weighted by Gasteiger charge is -2.35. The third-order valence-electron chi connectivity index (χ3n) is 5.05. The van der Waals surface area contributed by atoms with Crippen LogP contribution in [-0.2, 0) is 25.5 Å². The maximum Gasteiger partial charge on any atom is 0.325 e. The zero-order chi connectivity index (χ0) is 16.9. The van der Waals surface area contributed by atoms with Gasteiger partial charge in [-0.2, -0.15) is 0 Å². The van der Waals surface area contributed by atoms with Crippen molar-refractivity contribution in [3.05, 3.63) is 70.2 Å². The van der Waals surface area contributed by atoms with Gasteiger partial charge in [0.2, 0.25) is 0 Å². The fourth-order valence-corrected chi connectivity index (χ4v) is 4.25. The van der Waals surface area contributed by atoms with Crippen LogP contribution < -0.4 is 0 Å². The van der Waals surface area contributed by atoms with Gasteiger partial charge in [0.05, 0.1) is 13.0 Å². The Kier molecular flexibility index (Phi) is 3.39. The number of benzene rings is 2. The number of carbonyl (C=O) groups excluding carboxylic acids is 2. The third-order valence-corrected chi connectivity index (χ3v) is 5.40. The molecular weight excluding hydrogens is 328 g/mol. The molecule has 4 nitrogen and oxygen atoms in total. The van der Waals surface area contributed by atoms with Crippen LogP contribution in [0.4, 0.5) is 0 Å². The van der Waals surface area contributed by atoms with E-state index in [0.717, 1.165) is 16.7 Å². The summed E-state index contributed by atoms with van der Waals surface area (Å²) in [5.41, 5.74) is 1.20. The lowest BCUT2D eigenvalue weighted by Crippen LogP contribution is -2.45. The van der Waals surface area contributed by atoms with Gasteiger partial charge in [0.15, 0.2) is 5.41 Å². The van der Waals surface area contributed by atoms with E-state index >= 15 is 0 Å². The Morgan fingerprint density at radius 3 is 2.54 bits per heavy atom. The highest BCUT2D eigenvalue weighted by Crippen LogP contribution is 2.60. The van der Waals surface area contributed by atoms with Crippen molar-refractivity contribution in [2.24, 2.45) is 5.41 Å². The Labute approximate surface area is 144 Å². The first-order valence-electron chi connectivity index (χ1n) is 7.71. The molecule has 0 unspecified atom stereocenters. The number of halogens is 1. The van der Waals surface area contributed by atoms with Crippen LogP contribution in [0, 0.1) is 5.41 Å². The molecule has 24 heavy (non-hydrogen) atoms. The average Bonchev–Trinajstić information content (AvgIpc) is 2.81. The van der Waals surface area contributed by atoms with Crippen molar-refractivity contribution in [2.45, 2.75) is 18.4 Å². The number of carbonyl (C=O) groups is 2. The Morgan fingerprint density at radius 2 is 1.83 bits per heavy atom. The normalized spacial score (nSPS) is 27.3. The summed E-state index contributed by atoms with van der Waals surface area (Å²) in [4.78, 5) is 25.5. The van der Waals surface area contributed by atoms with Crippen molar-refractivity contribution in [1.29, 1.82) is 0 Å². The van der Waals surface area contributed by atoms with Crippen molar-refractivity contribution in [3.8, 4) is 0 Å². The molecule has 1 fully saturated rings. The molecule has 1 aliphatic carbocycles. The van der Waals surface area contributed by atoms with E-state index in [1.165, 1.54) is 7.11 Å². The minimum Gasteiger partial charge on any atom is -0.468 e. The van der Waals surface area contributed by atoms with E-state index in [4.69, 9.17) is 21.1 Å². The van der Waals surface area contributed by atoms with Gasteiger partial charge < -0.3 is 9.47 Å². The molecule has 1 heterocycles. The summed E-state index contributed by atoms with van der Waals surface area (Å²) in [7, 11) is 1.29. The van der Waals surface area contributed by atoms with E-state index in [1.807, 2.05) is 42.5 Å². The first-order valence-corrected chi connectivity index (χ1v) is 8.09. The smallest absolute Gasteiger partial charge is 0.325 e. The first-order chi connectivity index (χ1) is 11.6. The number of hydrogen-bond donors (Lipinski definition) is 0. The number of fused-ring (bicyclic) bond motifs is 4. The van der Waals surface area contributed by atoms with Gasteiger partial charge in [-0.3, -0.25) is 9.59 Å². The van der Waals surface area contributed by atoms with Gasteiger partial charge in [0, 0.05) is 11.4 Å². The second-order valence-electron chi connectivity index (χ2n) is 6.16. The van der Waals surface area contributed by atoms with Gasteiger partial charge in [0.1, 0.15) is 6.10 Å². The van der Waals surface area contributed by atoms with Gasteiger partial charge in [-0.1, -0.05) is 54.1 Å². The fourth-order valence-electron chi connectivity index (χ4n) is 3.99. The van der Waals surface area contributed by atoms with Crippen molar-refractivity contribution in [3.63, 3.8) is 0 Å². The third kappa shape index (κ3) is 1.86. The van der Waals surface area contributed by atoms with E-state index in [-0.39, 0.29) is 6.42 Å². The van der Waals surface area contributed by atoms with Crippen LogP contribution in [0.25, 0.3) is 0 Å². The minimum absolute atomic E-state index is 0.251. The highest BCUT2D eigenvalue weighted by atomic mass is 35.5. The van der Waals surface area contributed by atoms with Gasteiger partial charge in [-0.25, -0.2) is 0 Å². The predicted octanol–water partition coefficient (Wildman–Crippen LogP) is 3.44.